The maximum absolute atomic E-state index is 13.0. The van der Waals surface area contributed by atoms with E-state index >= 15 is 0 Å². The summed E-state index contributed by atoms with van der Waals surface area (Å²) >= 11 is 1.68. The minimum absolute atomic E-state index is 0.0210. The van der Waals surface area contributed by atoms with E-state index in [0.29, 0.717) is 45.1 Å². The van der Waals surface area contributed by atoms with E-state index in [2.05, 4.69) is 6.07 Å². The van der Waals surface area contributed by atoms with Gasteiger partial charge in [0.15, 0.2) is 5.76 Å². The molecule has 1 aromatic carbocycles. The van der Waals surface area contributed by atoms with Crippen molar-refractivity contribution in [3.63, 3.8) is 0 Å². The van der Waals surface area contributed by atoms with Crippen molar-refractivity contribution in [2.24, 2.45) is 0 Å². The predicted octanol–water partition coefficient (Wildman–Crippen LogP) is 3.03. The van der Waals surface area contributed by atoms with E-state index in [1.807, 2.05) is 41.8 Å². The normalized spacial score (nSPS) is 22.1. The van der Waals surface area contributed by atoms with Crippen molar-refractivity contribution in [1.29, 1.82) is 0 Å². The first-order valence-electron chi connectivity index (χ1n) is 9.82. The summed E-state index contributed by atoms with van der Waals surface area (Å²) in [5.41, 5.74) is 1.86. The number of morpholine rings is 1. The van der Waals surface area contributed by atoms with E-state index in [0.717, 1.165) is 11.1 Å². The van der Waals surface area contributed by atoms with Gasteiger partial charge in [0.1, 0.15) is 0 Å². The van der Waals surface area contributed by atoms with Gasteiger partial charge in [-0.1, -0.05) is 30.3 Å². The van der Waals surface area contributed by atoms with Gasteiger partial charge in [0.25, 0.3) is 5.91 Å². The summed E-state index contributed by atoms with van der Waals surface area (Å²) in [5, 5.41) is 11.2. The molecular weight excluding hydrogens is 390 g/mol. The van der Waals surface area contributed by atoms with Crippen molar-refractivity contribution in [2.75, 3.05) is 26.3 Å². The molecule has 0 aliphatic carbocycles. The smallest absolute Gasteiger partial charge is 0.288 e. The minimum Gasteiger partial charge on any atom is -0.459 e. The number of nitrogens with zero attached hydrogens (tertiary/aromatic N) is 1. The molecule has 0 unspecified atom stereocenters. The fraction of sp³-hybridized carbons (Fsp3) is 0.409. The lowest BCUT2D eigenvalue weighted by Gasteiger charge is -2.32. The second kappa shape index (κ2) is 9.54. The number of allylic oxidation sites excluding steroid dienone is 1. The highest BCUT2D eigenvalue weighted by atomic mass is 32.1. The summed E-state index contributed by atoms with van der Waals surface area (Å²) in [6.45, 7) is 2.66. The number of aliphatic hydroxyl groups is 1. The first-order valence-corrected chi connectivity index (χ1v) is 10.7. The lowest BCUT2D eigenvalue weighted by Crippen LogP contribution is -2.43. The highest BCUT2D eigenvalue weighted by Crippen LogP contribution is 2.34. The maximum atomic E-state index is 13.0. The molecule has 7 heteroatoms. The summed E-state index contributed by atoms with van der Waals surface area (Å²) < 4.78 is 17.3. The van der Waals surface area contributed by atoms with Crippen LogP contribution < -0.4 is 0 Å². The highest BCUT2D eigenvalue weighted by molar-refractivity contribution is 7.10. The molecule has 1 fully saturated rings. The first kappa shape index (κ1) is 20.1. The zero-order valence-electron chi connectivity index (χ0n) is 16.2. The van der Waals surface area contributed by atoms with E-state index in [1.54, 1.807) is 16.2 Å². The third-order valence-electron chi connectivity index (χ3n) is 5.12. The number of ether oxygens (including phenoxy) is 3. The molecule has 0 spiro atoms. The minimum atomic E-state index is -0.496. The molecule has 1 saturated heterocycles. The first-order chi connectivity index (χ1) is 14.2. The van der Waals surface area contributed by atoms with Crippen molar-refractivity contribution >= 4 is 17.2 Å². The Bertz CT molecular complexity index is 827. The summed E-state index contributed by atoms with van der Waals surface area (Å²) in [5.74, 6) is 0.345. The molecule has 2 atom stereocenters. The van der Waals surface area contributed by atoms with Crippen LogP contribution in [0.15, 0.2) is 53.6 Å². The monoisotopic (exact) mass is 415 g/mol. The van der Waals surface area contributed by atoms with Gasteiger partial charge in [0.05, 0.1) is 26.4 Å². The fourth-order valence-corrected chi connectivity index (χ4v) is 4.27. The van der Waals surface area contributed by atoms with Crippen LogP contribution in [0.2, 0.25) is 0 Å². The Morgan fingerprint density at radius 2 is 1.93 bits per heavy atom. The molecule has 154 valence electrons. The summed E-state index contributed by atoms with van der Waals surface area (Å²) in [6.07, 6.45) is 2.10. The van der Waals surface area contributed by atoms with Gasteiger partial charge >= 0.3 is 0 Å². The standard InChI is InChI=1S/C22H25NO5S/c24-14-16-3-5-17(6-4-16)15-27-21-13-18(20-2-1-11-29-20)12-19(28-21)22(25)23-7-9-26-10-8-23/h1-6,11-12,18,21,24H,7-10,13-15H2/t18-,21+/m1/s1. The van der Waals surface area contributed by atoms with Crippen LogP contribution in [0.3, 0.4) is 0 Å². The van der Waals surface area contributed by atoms with Crippen molar-refractivity contribution in [1.82, 2.24) is 4.90 Å². The Kier molecular flexibility index (Phi) is 6.61. The predicted molar refractivity (Wildman–Crippen MR) is 109 cm³/mol. The topological polar surface area (TPSA) is 68.2 Å². The third-order valence-corrected chi connectivity index (χ3v) is 6.12. The second-order valence-electron chi connectivity index (χ2n) is 7.13. The number of benzene rings is 1. The molecule has 0 radical (unpaired) electrons. The van der Waals surface area contributed by atoms with Crippen LogP contribution in [0, 0.1) is 0 Å². The molecule has 4 rings (SSSR count). The van der Waals surface area contributed by atoms with Crippen LogP contribution in [-0.4, -0.2) is 48.5 Å². The fourth-order valence-electron chi connectivity index (χ4n) is 3.46. The van der Waals surface area contributed by atoms with Crippen LogP contribution in [0.1, 0.15) is 28.3 Å². The van der Waals surface area contributed by atoms with Gasteiger partial charge in [-0.25, -0.2) is 0 Å². The Labute approximate surface area is 174 Å². The summed E-state index contributed by atoms with van der Waals surface area (Å²) in [6, 6.07) is 11.7. The van der Waals surface area contributed by atoms with Crippen LogP contribution in [-0.2, 0) is 32.2 Å². The highest BCUT2D eigenvalue weighted by Gasteiger charge is 2.31. The zero-order chi connectivity index (χ0) is 20.1. The Morgan fingerprint density at radius 1 is 1.17 bits per heavy atom. The van der Waals surface area contributed by atoms with Gasteiger partial charge in [-0.3, -0.25) is 4.79 Å². The lowest BCUT2D eigenvalue weighted by atomic mass is 9.99. The molecule has 29 heavy (non-hydrogen) atoms. The number of aliphatic hydroxyl groups excluding tert-OH is 1. The number of carbonyl (C=O) groups is 1. The van der Waals surface area contributed by atoms with Crippen molar-refractivity contribution in [2.45, 2.75) is 31.8 Å². The molecule has 1 N–H and O–H groups in total. The molecule has 1 aromatic heterocycles. The second-order valence-corrected chi connectivity index (χ2v) is 8.11. The molecule has 3 heterocycles. The SMILES string of the molecule is O=C(C1=C[C@@H](c2cccs2)C[C@@H](OCc2ccc(CO)cc2)O1)N1CCOCC1. The van der Waals surface area contributed by atoms with Gasteiger partial charge in [-0.15, -0.1) is 11.3 Å². The van der Waals surface area contributed by atoms with Gasteiger partial charge in [-0.2, -0.15) is 0 Å². The Morgan fingerprint density at radius 3 is 2.62 bits per heavy atom. The molecule has 2 aromatic rings. The van der Waals surface area contributed by atoms with Crippen LogP contribution >= 0.6 is 11.3 Å². The Hall–Kier alpha value is -2.19. The number of rotatable bonds is 6. The third kappa shape index (κ3) is 5.05. The lowest BCUT2D eigenvalue weighted by molar-refractivity contribution is -0.158. The van der Waals surface area contributed by atoms with Gasteiger partial charge in [-0.05, 0) is 28.6 Å². The van der Waals surface area contributed by atoms with Crippen molar-refractivity contribution in [3.8, 4) is 0 Å². The van der Waals surface area contributed by atoms with Crippen molar-refractivity contribution in [3.05, 3.63) is 69.6 Å². The summed E-state index contributed by atoms with van der Waals surface area (Å²) in [7, 11) is 0. The molecule has 6 nitrogen and oxygen atoms in total. The van der Waals surface area contributed by atoms with E-state index in [9.17, 15) is 9.90 Å². The maximum Gasteiger partial charge on any atom is 0.288 e. The van der Waals surface area contributed by atoms with E-state index < -0.39 is 6.29 Å². The molecule has 0 bridgehead atoms. The van der Waals surface area contributed by atoms with E-state index in [4.69, 9.17) is 14.2 Å². The average Bonchev–Trinajstić information content (AvgIpc) is 3.33. The van der Waals surface area contributed by atoms with Gasteiger partial charge in [0, 0.05) is 30.3 Å². The van der Waals surface area contributed by atoms with Crippen LogP contribution in [0.5, 0.6) is 0 Å². The van der Waals surface area contributed by atoms with Crippen molar-refractivity contribution < 1.29 is 24.1 Å². The van der Waals surface area contributed by atoms with Crippen LogP contribution in [0.4, 0.5) is 0 Å². The summed E-state index contributed by atoms with van der Waals surface area (Å²) in [4.78, 5) is 15.9. The zero-order valence-corrected chi connectivity index (χ0v) is 17.0. The average molecular weight is 416 g/mol. The van der Waals surface area contributed by atoms with Gasteiger partial charge < -0.3 is 24.2 Å². The van der Waals surface area contributed by atoms with Crippen LogP contribution in [0.25, 0.3) is 0 Å². The Balaban J connectivity index is 1.46. The molecule has 1 amide bonds. The van der Waals surface area contributed by atoms with E-state index in [-0.39, 0.29) is 18.4 Å². The molecule has 2 aliphatic rings. The number of amides is 1. The number of hydrogen-bond acceptors (Lipinski definition) is 6. The van der Waals surface area contributed by atoms with E-state index in [1.165, 1.54) is 4.88 Å². The quantitative estimate of drug-likeness (QED) is 0.786. The van der Waals surface area contributed by atoms with Gasteiger partial charge in [0.2, 0.25) is 6.29 Å². The number of hydrogen-bond donors (Lipinski definition) is 1. The molecule has 2 aliphatic heterocycles. The number of carbonyl (C=O) groups excluding carboxylic acids is 1. The molecular formula is C22H25NO5S. The number of thiophene rings is 1. The molecule has 0 saturated carbocycles. The largest absolute Gasteiger partial charge is 0.459 e.